The van der Waals surface area contributed by atoms with Crippen molar-refractivity contribution in [1.29, 1.82) is 0 Å². The van der Waals surface area contributed by atoms with E-state index in [4.69, 9.17) is 4.74 Å². The van der Waals surface area contributed by atoms with Crippen molar-refractivity contribution < 1.29 is 9.53 Å². The molecule has 0 unspecified atom stereocenters. The van der Waals surface area contributed by atoms with Gasteiger partial charge in [-0.3, -0.25) is 9.69 Å². The minimum atomic E-state index is 0.126. The van der Waals surface area contributed by atoms with Gasteiger partial charge in [-0.15, -0.1) is 0 Å². The van der Waals surface area contributed by atoms with E-state index in [2.05, 4.69) is 22.0 Å². The molecule has 0 radical (unpaired) electrons. The zero-order valence-electron chi connectivity index (χ0n) is 14.5. The van der Waals surface area contributed by atoms with E-state index in [1.807, 2.05) is 0 Å². The van der Waals surface area contributed by atoms with Gasteiger partial charge in [0, 0.05) is 43.9 Å². The Morgan fingerprint density at radius 1 is 1.21 bits per heavy atom. The average molecular weight is 351 g/mol. The van der Waals surface area contributed by atoms with E-state index in [0.717, 1.165) is 25.6 Å². The molecule has 134 valence electrons. The molecule has 2 bridgehead atoms. The topological polar surface area (TPSA) is 41.6 Å². The van der Waals surface area contributed by atoms with Crippen LogP contribution in [0.1, 0.15) is 44.9 Å². The van der Waals surface area contributed by atoms with E-state index in [0.29, 0.717) is 23.9 Å². The average Bonchev–Trinajstić information content (AvgIpc) is 3.08. The lowest BCUT2D eigenvalue weighted by molar-refractivity contribution is -0.121. The van der Waals surface area contributed by atoms with Crippen LogP contribution in [0.5, 0.6) is 0 Å². The predicted octanol–water partition coefficient (Wildman–Crippen LogP) is 2.28. The fourth-order valence-electron chi connectivity index (χ4n) is 5.72. The maximum Gasteiger partial charge on any atom is 0.220 e. The number of nitrogens with one attached hydrogen (secondary N) is 1. The second-order valence-electron chi connectivity index (χ2n) is 8.75. The van der Waals surface area contributed by atoms with Crippen LogP contribution in [0.4, 0.5) is 0 Å². The molecule has 4 nitrogen and oxygen atoms in total. The van der Waals surface area contributed by atoms with E-state index in [1.54, 1.807) is 0 Å². The van der Waals surface area contributed by atoms with Gasteiger partial charge in [-0.2, -0.15) is 11.8 Å². The smallest absolute Gasteiger partial charge is 0.220 e. The molecular formula is C19H30N2O2S. The van der Waals surface area contributed by atoms with Gasteiger partial charge in [0.05, 0.1) is 11.7 Å². The third-order valence-corrected chi connectivity index (χ3v) is 8.27. The molecule has 5 fully saturated rings. The van der Waals surface area contributed by atoms with Crippen LogP contribution in [-0.2, 0) is 9.53 Å². The van der Waals surface area contributed by atoms with Crippen molar-refractivity contribution in [2.75, 3.05) is 31.1 Å². The lowest BCUT2D eigenvalue weighted by Gasteiger charge is -2.32. The Kier molecular flexibility index (Phi) is 4.10. The Bertz CT molecular complexity index is 506. The summed E-state index contributed by atoms with van der Waals surface area (Å²) in [6.45, 7) is 3.20. The summed E-state index contributed by atoms with van der Waals surface area (Å²) in [7, 11) is 0. The van der Waals surface area contributed by atoms with E-state index < -0.39 is 0 Å². The van der Waals surface area contributed by atoms with E-state index in [-0.39, 0.29) is 11.5 Å². The minimum absolute atomic E-state index is 0.126. The molecule has 1 aliphatic carbocycles. The molecule has 0 aromatic heterocycles. The zero-order valence-corrected chi connectivity index (χ0v) is 15.4. The maximum absolute atomic E-state index is 12.1. The highest BCUT2D eigenvalue weighted by Gasteiger charge is 2.63. The largest absolute Gasteiger partial charge is 0.370 e. The quantitative estimate of drug-likeness (QED) is 0.826. The molecule has 4 aliphatic heterocycles. The second-order valence-corrected chi connectivity index (χ2v) is 9.98. The number of nitrogens with zero attached hydrogens (tertiary/aromatic N) is 1. The molecule has 0 aromatic carbocycles. The van der Waals surface area contributed by atoms with Crippen molar-refractivity contribution in [3.8, 4) is 0 Å². The molecule has 1 saturated carbocycles. The lowest BCUT2D eigenvalue weighted by Crippen LogP contribution is -2.41. The first-order valence-corrected chi connectivity index (χ1v) is 11.2. The number of fused-ring (bicyclic) bond motifs is 1. The van der Waals surface area contributed by atoms with Crippen molar-refractivity contribution in [2.24, 2.45) is 17.8 Å². The number of hydrogen-bond acceptors (Lipinski definition) is 4. The molecule has 5 rings (SSSR count). The van der Waals surface area contributed by atoms with Crippen LogP contribution in [0.2, 0.25) is 0 Å². The van der Waals surface area contributed by atoms with Gasteiger partial charge in [-0.05, 0) is 55.9 Å². The van der Waals surface area contributed by atoms with Crippen LogP contribution in [0.25, 0.3) is 0 Å². The van der Waals surface area contributed by atoms with Crippen LogP contribution in [-0.4, -0.2) is 59.7 Å². The molecule has 1 spiro atoms. The first kappa shape index (κ1) is 16.0. The summed E-state index contributed by atoms with van der Waals surface area (Å²) in [4.78, 5) is 14.8. The first-order chi connectivity index (χ1) is 11.7. The standard InChI is InChI=1S/C19H30N2O2S/c22-18(9-13-1-2-13)20-10-15-16-11-21(14-4-7-24-8-5-14)12-19(16)6-3-17(15)23-19/h13-17H,1-12H2,(H,20,22)/t15-,16+,17+,19+/m0/s1. The van der Waals surface area contributed by atoms with Crippen LogP contribution < -0.4 is 5.32 Å². The highest BCUT2D eigenvalue weighted by atomic mass is 32.2. The number of rotatable bonds is 5. The van der Waals surface area contributed by atoms with Gasteiger partial charge < -0.3 is 10.1 Å². The monoisotopic (exact) mass is 350 g/mol. The summed E-state index contributed by atoms with van der Waals surface area (Å²) in [5.41, 5.74) is 0.126. The fraction of sp³-hybridized carbons (Fsp3) is 0.947. The number of carbonyl (C=O) groups excluding carboxylic acids is 1. The zero-order chi connectivity index (χ0) is 16.1. The summed E-state index contributed by atoms with van der Waals surface area (Å²) in [5.74, 6) is 4.79. The fourth-order valence-corrected chi connectivity index (χ4v) is 6.80. The number of hydrogen-bond donors (Lipinski definition) is 1. The van der Waals surface area contributed by atoms with Gasteiger partial charge in [0.1, 0.15) is 0 Å². The van der Waals surface area contributed by atoms with Crippen LogP contribution in [0, 0.1) is 17.8 Å². The van der Waals surface area contributed by atoms with Gasteiger partial charge in [0.15, 0.2) is 0 Å². The van der Waals surface area contributed by atoms with Crippen molar-refractivity contribution in [1.82, 2.24) is 10.2 Å². The highest BCUT2D eigenvalue weighted by Crippen LogP contribution is 2.55. The molecule has 4 saturated heterocycles. The Hall–Kier alpha value is -0.260. The van der Waals surface area contributed by atoms with Crippen LogP contribution in [0.15, 0.2) is 0 Å². The second kappa shape index (κ2) is 6.17. The minimum Gasteiger partial charge on any atom is -0.370 e. The van der Waals surface area contributed by atoms with Crippen LogP contribution in [0.3, 0.4) is 0 Å². The van der Waals surface area contributed by atoms with E-state index in [9.17, 15) is 4.79 Å². The number of likely N-dealkylation sites (tertiary alicyclic amines) is 1. The van der Waals surface area contributed by atoms with Crippen molar-refractivity contribution in [2.45, 2.75) is 62.7 Å². The molecule has 4 atom stereocenters. The van der Waals surface area contributed by atoms with E-state index in [1.165, 1.54) is 56.6 Å². The Balaban J connectivity index is 1.22. The molecule has 24 heavy (non-hydrogen) atoms. The Labute approximate surface area is 149 Å². The number of ether oxygens (including phenoxy) is 1. The summed E-state index contributed by atoms with van der Waals surface area (Å²) >= 11 is 2.11. The Morgan fingerprint density at radius 2 is 2.04 bits per heavy atom. The van der Waals surface area contributed by atoms with Crippen molar-refractivity contribution in [3.05, 3.63) is 0 Å². The van der Waals surface area contributed by atoms with Crippen LogP contribution >= 0.6 is 11.8 Å². The first-order valence-electron chi connectivity index (χ1n) is 10.00. The molecular weight excluding hydrogens is 320 g/mol. The molecule has 4 heterocycles. The lowest BCUT2D eigenvalue weighted by atomic mass is 9.73. The predicted molar refractivity (Wildman–Crippen MR) is 96.1 cm³/mol. The SMILES string of the molecule is O=C(CC1CC1)NC[C@H]1[C@H]2CN(C3CCSCC3)C[C@]23CC[C@H]1O3. The van der Waals surface area contributed by atoms with Gasteiger partial charge in [0.2, 0.25) is 5.91 Å². The van der Waals surface area contributed by atoms with Gasteiger partial charge in [-0.25, -0.2) is 0 Å². The highest BCUT2D eigenvalue weighted by molar-refractivity contribution is 7.99. The van der Waals surface area contributed by atoms with E-state index >= 15 is 0 Å². The third kappa shape index (κ3) is 2.80. The molecule has 5 heteroatoms. The van der Waals surface area contributed by atoms with Crippen molar-refractivity contribution >= 4 is 17.7 Å². The number of thioether (sulfide) groups is 1. The number of amides is 1. The van der Waals surface area contributed by atoms with Gasteiger partial charge >= 0.3 is 0 Å². The summed E-state index contributed by atoms with van der Waals surface area (Å²) < 4.78 is 6.55. The summed E-state index contributed by atoms with van der Waals surface area (Å²) in [6.07, 6.45) is 8.80. The normalized spacial score (nSPS) is 42.4. The molecule has 1 N–H and O–H groups in total. The molecule has 5 aliphatic rings. The molecule has 1 amide bonds. The Morgan fingerprint density at radius 3 is 2.83 bits per heavy atom. The maximum atomic E-state index is 12.1. The third-order valence-electron chi connectivity index (χ3n) is 7.22. The summed E-state index contributed by atoms with van der Waals surface area (Å²) in [6, 6.07) is 0.777. The number of carbonyl (C=O) groups is 1. The summed E-state index contributed by atoms with van der Waals surface area (Å²) in [5, 5.41) is 3.24. The van der Waals surface area contributed by atoms with Gasteiger partial charge in [0.25, 0.3) is 0 Å². The van der Waals surface area contributed by atoms with Gasteiger partial charge in [-0.1, -0.05) is 0 Å². The molecule has 0 aromatic rings. The van der Waals surface area contributed by atoms with Crippen molar-refractivity contribution in [3.63, 3.8) is 0 Å².